The maximum Gasteiger partial charge on any atom is 0.0459 e. The van der Waals surface area contributed by atoms with Crippen LogP contribution in [-0.4, -0.2) is 23.0 Å². The van der Waals surface area contributed by atoms with E-state index in [4.69, 9.17) is 0 Å². The van der Waals surface area contributed by atoms with Crippen LogP contribution in [0.15, 0.2) is 24.3 Å². The van der Waals surface area contributed by atoms with E-state index < -0.39 is 0 Å². The van der Waals surface area contributed by atoms with Crippen molar-refractivity contribution in [3.05, 3.63) is 35.5 Å². The van der Waals surface area contributed by atoms with Gasteiger partial charge in [-0.2, -0.15) is 0 Å². The van der Waals surface area contributed by atoms with Crippen LogP contribution in [0, 0.1) is 0 Å². The molecule has 0 saturated carbocycles. The molecular formula is C13H16N2. The van der Waals surface area contributed by atoms with Crippen molar-refractivity contribution in [3.8, 4) is 0 Å². The van der Waals surface area contributed by atoms with E-state index in [1.54, 1.807) is 0 Å². The molecule has 0 spiro atoms. The van der Waals surface area contributed by atoms with Gasteiger partial charge in [-0.3, -0.25) is 4.90 Å². The fourth-order valence-electron chi connectivity index (χ4n) is 2.48. The summed E-state index contributed by atoms with van der Waals surface area (Å²) < 4.78 is 0. The summed E-state index contributed by atoms with van der Waals surface area (Å²) in [4.78, 5) is 5.93. The molecule has 0 aliphatic carbocycles. The van der Waals surface area contributed by atoms with Gasteiger partial charge in [0.2, 0.25) is 0 Å². The van der Waals surface area contributed by atoms with Crippen molar-refractivity contribution in [2.24, 2.45) is 0 Å². The Morgan fingerprint density at radius 1 is 1.33 bits per heavy atom. The second-order valence-electron chi connectivity index (χ2n) is 4.60. The molecule has 3 rings (SSSR count). The van der Waals surface area contributed by atoms with Crippen LogP contribution in [0.2, 0.25) is 0 Å². The third-order valence-corrected chi connectivity index (χ3v) is 3.56. The molecule has 1 atom stereocenters. The summed E-state index contributed by atoms with van der Waals surface area (Å²) in [5, 5.41) is 1.41. The lowest BCUT2D eigenvalue weighted by molar-refractivity contribution is 0.229. The molecule has 1 aromatic carbocycles. The van der Waals surface area contributed by atoms with Gasteiger partial charge >= 0.3 is 0 Å². The topological polar surface area (TPSA) is 19.0 Å². The van der Waals surface area contributed by atoms with Crippen molar-refractivity contribution in [3.63, 3.8) is 0 Å². The molecule has 1 aromatic heterocycles. The lowest BCUT2D eigenvalue weighted by atomic mass is 9.98. The molecule has 1 N–H and O–H groups in total. The van der Waals surface area contributed by atoms with E-state index in [1.165, 1.54) is 22.2 Å². The van der Waals surface area contributed by atoms with Gasteiger partial charge in [0, 0.05) is 29.2 Å². The fourth-order valence-corrected chi connectivity index (χ4v) is 2.48. The molecule has 0 saturated heterocycles. The van der Waals surface area contributed by atoms with E-state index in [-0.39, 0.29) is 0 Å². The second-order valence-corrected chi connectivity index (χ2v) is 4.60. The summed E-state index contributed by atoms with van der Waals surface area (Å²) in [6.07, 6.45) is 1.16. The molecule has 0 amide bonds. The molecule has 15 heavy (non-hydrogen) atoms. The van der Waals surface area contributed by atoms with Crippen LogP contribution in [0.3, 0.4) is 0 Å². The second kappa shape index (κ2) is 3.11. The van der Waals surface area contributed by atoms with E-state index in [9.17, 15) is 0 Å². The van der Waals surface area contributed by atoms with E-state index in [0.717, 1.165) is 13.0 Å². The first-order valence-electron chi connectivity index (χ1n) is 5.54. The number of fused-ring (bicyclic) bond motifs is 3. The molecule has 1 aliphatic heterocycles. The Kier molecular flexibility index (Phi) is 1.86. The van der Waals surface area contributed by atoms with Crippen LogP contribution in [-0.2, 0) is 13.0 Å². The first kappa shape index (κ1) is 8.98. The lowest BCUT2D eigenvalue weighted by Crippen LogP contribution is -2.34. The molecule has 1 aliphatic rings. The minimum absolute atomic E-state index is 0.650. The van der Waals surface area contributed by atoms with Gasteiger partial charge in [-0.25, -0.2) is 0 Å². The monoisotopic (exact) mass is 200 g/mol. The fraction of sp³-hybridized carbons (Fsp3) is 0.385. The molecule has 0 bridgehead atoms. The standard InChI is InChI=1S/C13H16N2/c1-9-7-11-10-5-3-4-6-12(10)14-13(11)8-15(9)2/h3-6,9,14H,7-8H2,1-2H3. The molecule has 2 nitrogen and oxygen atoms in total. The Hall–Kier alpha value is -1.28. The van der Waals surface area contributed by atoms with Gasteiger partial charge in [-0.1, -0.05) is 18.2 Å². The number of H-pyrrole nitrogens is 1. The van der Waals surface area contributed by atoms with Crippen LogP contribution in [0.25, 0.3) is 10.9 Å². The number of para-hydroxylation sites is 1. The summed E-state index contributed by atoms with van der Waals surface area (Å²) in [5.74, 6) is 0. The van der Waals surface area contributed by atoms with Crippen LogP contribution < -0.4 is 0 Å². The molecule has 2 aromatic rings. The van der Waals surface area contributed by atoms with Gasteiger partial charge in [-0.05, 0) is 32.0 Å². The number of nitrogens with zero attached hydrogens (tertiary/aromatic N) is 1. The molecule has 0 radical (unpaired) electrons. The number of rotatable bonds is 0. The first-order valence-corrected chi connectivity index (χ1v) is 5.54. The molecular weight excluding hydrogens is 184 g/mol. The number of likely N-dealkylation sites (N-methyl/N-ethyl adjacent to an activating group) is 1. The minimum atomic E-state index is 0.650. The number of benzene rings is 1. The number of hydrogen-bond donors (Lipinski definition) is 1. The van der Waals surface area contributed by atoms with E-state index >= 15 is 0 Å². The van der Waals surface area contributed by atoms with Crippen LogP contribution >= 0.6 is 0 Å². The number of aromatic amines is 1. The summed E-state index contributed by atoms with van der Waals surface area (Å²) in [6.45, 7) is 3.34. The maximum absolute atomic E-state index is 3.53. The summed E-state index contributed by atoms with van der Waals surface area (Å²) >= 11 is 0. The highest BCUT2D eigenvalue weighted by atomic mass is 15.1. The van der Waals surface area contributed by atoms with Crippen molar-refractivity contribution in [1.82, 2.24) is 9.88 Å². The van der Waals surface area contributed by atoms with Crippen molar-refractivity contribution in [2.45, 2.75) is 25.9 Å². The zero-order valence-electron chi connectivity index (χ0n) is 9.25. The van der Waals surface area contributed by atoms with E-state index in [2.05, 4.69) is 48.1 Å². The first-order chi connectivity index (χ1) is 7.25. The Balaban J connectivity index is 2.21. The summed E-state index contributed by atoms with van der Waals surface area (Å²) in [5.41, 5.74) is 4.21. The van der Waals surface area contributed by atoms with Gasteiger partial charge in [0.1, 0.15) is 0 Å². The van der Waals surface area contributed by atoms with Crippen molar-refractivity contribution in [1.29, 1.82) is 0 Å². The Labute approximate surface area is 89.9 Å². The molecule has 2 heteroatoms. The van der Waals surface area contributed by atoms with Crippen LogP contribution in [0.4, 0.5) is 0 Å². The van der Waals surface area contributed by atoms with E-state index in [0.29, 0.717) is 6.04 Å². The van der Waals surface area contributed by atoms with Crippen molar-refractivity contribution < 1.29 is 0 Å². The van der Waals surface area contributed by atoms with Crippen molar-refractivity contribution >= 4 is 10.9 Å². The predicted molar refractivity (Wildman–Crippen MR) is 62.9 cm³/mol. The highest BCUT2D eigenvalue weighted by Gasteiger charge is 2.22. The average molecular weight is 200 g/mol. The van der Waals surface area contributed by atoms with Crippen LogP contribution in [0.1, 0.15) is 18.2 Å². The quantitative estimate of drug-likeness (QED) is 0.692. The molecule has 78 valence electrons. The van der Waals surface area contributed by atoms with Gasteiger partial charge in [0.05, 0.1) is 0 Å². The molecule has 0 fully saturated rings. The highest BCUT2D eigenvalue weighted by Crippen LogP contribution is 2.28. The number of aromatic nitrogens is 1. The maximum atomic E-state index is 3.53. The number of hydrogen-bond acceptors (Lipinski definition) is 1. The molecule has 1 unspecified atom stereocenters. The Bertz CT molecular complexity index is 498. The Morgan fingerprint density at radius 3 is 3.00 bits per heavy atom. The predicted octanol–water partition coefficient (Wildman–Crippen LogP) is 2.54. The minimum Gasteiger partial charge on any atom is -0.357 e. The third-order valence-electron chi connectivity index (χ3n) is 3.56. The zero-order valence-corrected chi connectivity index (χ0v) is 9.25. The summed E-state index contributed by atoms with van der Waals surface area (Å²) in [7, 11) is 2.19. The average Bonchev–Trinajstić information content (AvgIpc) is 2.57. The highest BCUT2D eigenvalue weighted by molar-refractivity contribution is 5.84. The lowest BCUT2D eigenvalue weighted by Gasteiger charge is -2.29. The van der Waals surface area contributed by atoms with Gasteiger partial charge in [0.25, 0.3) is 0 Å². The van der Waals surface area contributed by atoms with E-state index in [1.807, 2.05) is 0 Å². The Morgan fingerprint density at radius 2 is 2.13 bits per heavy atom. The van der Waals surface area contributed by atoms with Crippen LogP contribution in [0.5, 0.6) is 0 Å². The largest absolute Gasteiger partial charge is 0.357 e. The molecule has 2 heterocycles. The smallest absolute Gasteiger partial charge is 0.0459 e. The number of nitrogens with one attached hydrogen (secondary N) is 1. The summed E-state index contributed by atoms with van der Waals surface area (Å²) in [6, 6.07) is 9.26. The van der Waals surface area contributed by atoms with Crippen molar-refractivity contribution in [2.75, 3.05) is 7.05 Å². The zero-order chi connectivity index (χ0) is 10.4. The van der Waals surface area contributed by atoms with Gasteiger partial charge in [0.15, 0.2) is 0 Å². The third kappa shape index (κ3) is 1.29. The normalized spacial score (nSPS) is 21.9. The van der Waals surface area contributed by atoms with Gasteiger partial charge in [-0.15, -0.1) is 0 Å². The SMILES string of the molecule is CC1Cc2c([nH]c3ccccc23)CN1C. The van der Waals surface area contributed by atoms with Gasteiger partial charge < -0.3 is 4.98 Å².